The lowest BCUT2D eigenvalue weighted by atomic mass is 10.1. The highest BCUT2D eigenvalue weighted by molar-refractivity contribution is 6.32. The van der Waals surface area contributed by atoms with Gasteiger partial charge in [0.15, 0.2) is 0 Å². The summed E-state index contributed by atoms with van der Waals surface area (Å²) in [5, 5.41) is 0.246. The Morgan fingerprint density at radius 3 is 2.44 bits per heavy atom. The highest BCUT2D eigenvalue weighted by Gasteiger charge is 2.07. The van der Waals surface area contributed by atoms with Crippen molar-refractivity contribution in [2.75, 3.05) is 0 Å². The lowest BCUT2D eigenvalue weighted by Crippen LogP contribution is -1.90. The van der Waals surface area contributed by atoms with Gasteiger partial charge in [-0.15, -0.1) is 11.6 Å². The van der Waals surface area contributed by atoms with E-state index in [1.807, 2.05) is 25.1 Å². The van der Waals surface area contributed by atoms with Gasteiger partial charge in [-0.05, 0) is 42.3 Å². The first-order valence-corrected chi connectivity index (χ1v) is 6.30. The Balaban J connectivity index is 2.28. The molecule has 0 saturated heterocycles. The van der Waals surface area contributed by atoms with Crippen LogP contribution in [0.2, 0.25) is 5.02 Å². The van der Waals surface area contributed by atoms with Crippen LogP contribution in [0.4, 0.5) is 4.39 Å². The molecule has 0 aliphatic carbocycles. The van der Waals surface area contributed by atoms with E-state index < -0.39 is 0 Å². The van der Waals surface area contributed by atoms with Crippen LogP contribution in [0.1, 0.15) is 11.1 Å². The van der Waals surface area contributed by atoms with E-state index >= 15 is 0 Å². The second kappa shape index (κ2) is 5.59. The average molecular weight is 285 g/mol. The van der Waals surface area contributed by atoms with Crippen LogP contribution in [-0.4, -0.2) is 0 Å². The number of hydrogen-bond donors (Lipinski definition) is 0. The standard InChI is InChI=1S/C14H11Cl2FO/c1-9-6-10(8-15)2-4-13(9)18-14-5-3-11(17)7-12(14)16/h2-7H,8H2,1H3. The zero-order valence-electron chi connectivity index (χ0n) is 9.71. The van der Waals surface area contributed by atoms with Crippen molar-refractivity contribution in [3.05, 3.63) is 58.4 Å². The van der Waals surface area contributed by atoms with Crippen LogP contribution in [0, 0.1) is 12.7 Å². The molecule has 0 bridgehead atoms. The Hall–Kier alpha value is -1.25. The van der Waals surface area contributed by atoms with Gasteiger partial charge in [0.25, 0.3) is 0 Å². The average Bonchev–Trinajstić information content (AvgIpc) is 2.34. The van der Waals surface area contributed by atoms with Gasteiger partial charge in [-0.2, -0.15) is 0 Å². The van der Waals surface area contributed by atoms with Crippen LogP contribution in [0.25, 0.3) is 0 Å². The molecule has 94 valence electrons. The summed E-state index contributed by atoms with van der Waals surface area (Å²) in [6.45, 7) is 1.92. The molecule has 0 amide bonds. The van der Waals surface area contributed by atoms with Crippen molar-refractivity contribution in [1.29, 1.82) is 0 Å². The van der Waals surface area contributed by atoms with E-state index in [-0.39, 0.29) is 10.8 Å². The number of aryl methyl sites for hydroxylation is 1. The molecule has 0 unspecified atom stereocenters. The monoisotopic (exact) mass is 284 g/mol. The first kappa shape index (κ1) is 13.2. The second-order valence-electron chi connectivity index (χ2n) is 3.91. The fourth-order valence-corrected chi connectivity index (χ4v) is 1.96. The van der Waals surface area contributed by atoms with Crippen LogP contribution in [0.5, 0.6) is 11.5 Å². The number of benzene rings is 2. The van der Waals surface area contributed by atoms with Gasteiger partial charge in [-0.1, -0.05) is 23.7 Å². The van der Waals surface area contributed by atoms with Crippen LogP contribution in [-0.2, 0) is 5.88 Å². The number of halogens is 3. The predicted molar refractivity (Wildman–Crippen MR) is 72.2 cm³/mol. The van der Waals surface area contributed by atoms with Gasteiger partial charge in [-0.25, -0.2) is 4.39 Å². The van der Waals surface area contributed by atoms with Crippen molar-refractivity contribution in [3.8, 4) is 11.5 Å². The zero-order chi connectivity index (χ0) is 13.1. The van der Waals surface area contributed by atoms with E-state index in [1.54, 1.807) is 0 Å². The molecular weight excluding hydrogens is 274 g/mol. The molecule has 0 aliphatic rings. The summed E-state index contributed by atoms with van der Waals surface area (Å²) in [7, 11) is 0. The number of hydrogen-bond acceptors (Lipinski definition) is 1. The quantitative estimate of drug-likeness (QED) is 0.693. The van der Waals surface area contributed by atoms with Crippen molar-refractivity contribution in [2.24, 2.45) is 0 Å². The third-order valence-electron chi connectivity index (χ3n) is 2.51. The summed E-state index contributed by atoms with van der Waals surface area (Å²) in [5.41, 5.74) is 1.97. The van der Waals surface area contributed by atoms with Crippen molar-refractivity contribution in [3.63, 3.8) is 0 Å². The Kier molecular flexibility index (Phi) is 4.10. The number of rotatable bonds is 3. The molecule has 2 rings (SSSR count). The fraction of sp³-hybridized carbons (Fsp3) is 0.143. The van der Waals surface area contributed by atoms with E-state index in [4.69, 9.17) is 27.9 Å². The summed E-state index contributed by atoms with van der Waals surface area (Å²) in [6, 6.07) is 9.69. The topological polar surface area (TPSA) is 9.23 Å². The van der Waals surface area contributed by atoms with Crippen molar-refractivity contribution < 1.29 is 9.13 Å². The van der Waals surface area contributed by atoms with Crippen LogP contribution in [0.15, 0.2) is 36.4 Å². The van der Waals surface area contributed by atoms with Crippen LogP contribution >= 0.6 is 23.2 Å². The van der Waals surface area contributed by atoms with Gasteiger partial charge in [0.2, 0.25) is 0 Å². The van der Waals surface area contributed by atoms with Crippen molar-refractivity contribution >= 4 is 23.2 Å². The minimum Gasteiger partial charge on any atom is -0.456 e. The van der Waals surface area contributed by atoms with E-state index in [0.29, 0.717) is 17.4 Å². The smallest absolute Gasteiger partial charge is 0.146 e. The molecule has 0 saturated carbocycles. The van der Waals surface area contributed by atoms with Crippen LogP contribution < -0.4 is 4.74 Å². The molecule has 0 heterocycles. The molecule has 0 aromatic heterocycles. The molecule has 2 aromatic carbocycles. The highest BCUT2D eigenvalue weighted by Crippen LogP contribution is 2.31. The normalized spacial score (nSPS) is 10.4. The SMILES string of the molecule is Cc1cc(CCl)ccc1Oc1ccc(F)cc1Cl. The third-order valence-corrected chi connectivity index (χ3v) is 3.11. The fourth-order valence-electron chi connectivity index (χ4n) is 1.59. The number of ether oxygens (including phenoxy) is 1. The first-order chi connectivity index (χ1) is 8.60. The van der Waals surface area contributed by atoms with E-state index in [9.17, 15) is 4.39 Å². The van der Waals surface area contributed by atoms with Gasteiger partial charge in [-0.3, -0.25) is 0 Å². The highest BCUT2D eigenvalue weighted by atomic mass is 35.5. The second-order valence-corrected chi connectivity index (χ2v) is 4.58. The van der Waals surface area contributed by atoms with E-state index in [1.165, 1.54) is 18.2 Å². The maximum atomic E-state index is 12.9. The van der Waals surface area contributed by atoms with E-state index in [2.05, 4.69) is 0 Å². The first-order valence-electron chi connectivity index (χ1n) is 5.38. The maximum absolute atomic E-state index is 12.9. The van der Waals surface area contributed by atoms with Crippen LogP contribution in [0.3, 0.4) is 0 Å². The molecule has 1 nitrogen and oxygen atoms in total. The molecule has 0 atom stereocenters. The summed E-state index contributed by atoms with van der Waals surface area (Å²) in [5.74, 6) is 1.18. The molecule has 2 aromatic rings. The molecule has 18 heavy (non-hydrogen) atoms. The molecule has 0 radical (unpaired) electrons. The maximum Gasteiger partial charge on any atom is 0.146 e. The summed E-state index contributed by atoms with van der Waals surface area (Å²) >= 11 is 11.7. The molecule has 0 fully saturated rings. The molecular formula is C14H11Cl2FO. The summed E-state index contributed by atoms with van der Waals surface area (Å²) < 4.78 is 18.6. The van der Waals surface area contributed by atoms with Gasteiger partial charge >= 0.3 is 0 Å². The molecule has 0 aliphatic heterocycles. The molecule has 4 heteroatoms. The lowest BCUT2D eigenvalue weighted by molar-refractivity contribution is 0.477. The predicted octanol–water partition coefficient (Wildman–Crippen LogP) is 5.32. The van der Waals surface area contributed by atoms with Gasteiger partial charge in [0, 0.05) is 5.88 Å². The van der Waals surface area contributed by atoms with Gasteiger partial charge < -0.3 is 4.74 Å². The minimum atomic E-state index is -0.387. The largest absolute Gasteiger partial charge is 0.456 e. The Bertz CT molecular complexity index is 570. The third kappa shape index (κ3) is 2.95. The summed E-state index contributed by atoms with van der Waals surface area (Å²) in [6.07, 6.45) is 0. The Morgan fingerprint density at radius 1 is 1.11 bits per heavy atom. The van der Waals surface area contributed by atoms with E-state index in [0.717, 1.165) is 11.1 Å². The van der Waals surface area contributed by atoms with Gasteiger partial charge in [0.1, 0.15) is 17.3 Å². The summed E-state index contributed by atoms with van der Waals surface area (Å²) in [4.78, 5) is 0. The molecule has 0 N–H and O–H groups in total. The Morgan fingerprint density at radius 2 is 1.83 bits per heavy atom. The lowest BCUT2D eigenvalue weighted by Gasteiger charge is -2.11. The zero-order valence-corrected chi connectivity index (χ0v) is 11.2. The molecule has 0 spiro atoms. The Labute approximate surface area is 115 Å². The van der Waals surface area contributed by atoms with Gasteiger partial charge in [0.05, 0.1) is 5.02 Å². The van der Waals surface area contributed by atoms with Crippen molar-refractivity contribution in [1.82, 2.24) is 0 Å². The number of alkyl halides is 1. The minimum absolute atomic E-state index is 0.246. The van der Waals surface area contributed by atoms with Crippen molar-refractivity contribution in [2.45, 2.75) is 12.8 Å².